The van der Waals surface area contributed by atoms with Gasteiger partial charge in [-0.2, -0.15) is 0 Å². The third-order valence-electron chi connectivity index (χ3n) is 3.99. The molecule has 0 aromatic carbocycles. The van der Waals surface area contributed by atoms with Crippen LogP contribution in [-0.2, 0) is 4.79 Å². The van der Waals surface area contributed by atoms with Crippen LogP contribution < -0.4 is 0 Å². The number of nitrogens with zero attached hydrogens (tertiary/aromatic N) is 1. The van der Waals surface area contributed by atoms with Crippen LogP contribution >= 0.6 is 15.9 Å². The quantitative estimate of drug-likeness (QED) is 0.772. The Bertz CT molecular complexity index is 604. The number of fused-ring (bicyclic) bond motifs is 1. The normalized spacial score (nSPS) is 17.6. The number of hydrogen-bond acceptors (Lipinski definition) is 1. The molecular formula is C15H16BrNO. The third kappa shape index (κ3) is 1.81. The molecule has 1 aliphatic carbocycles. The summed E-state index contributed by atoms with van der Waals surface area (Å²) in [5, 5.41) is 0. The number of aromatic nitrogens is 1. The fourth-order valence-electron chi connectivity index (χ4n) is 3.03. The molecule has 1 aliphatic rings. The molecule has 2 nitrogen and oxygen atoms in total. The van der Waals surface area contributed by atoms with Crippen molar-refractivity contribution < 1.29 is 4.79 Å². The van der Waals surface area contributed by atoms with Crippen molar-refractivity contribution >= 4 is 27.2 Å². The van der Waals surface area contributed by atoms with Gasteiger partial charge in [0.25, 0.3) is 0 Å². The van der Waals surface area contributed by atoms with E-state index >= 15 is 0 Å². The molecule has 0 unspecified atom stereocenters. The fourth-order valence-corrected chi connectivity index (χ4v) is 3.56. The lowest BCUT2D eigenvalue weighted by atomic mass is 9.85. The predicted molar refractivity (Wildman–Crippen MR) is 76.1 cm³/mol. The molecule has 0 bridgehead atoms. The minimum absolute atomic E-state index is 0.420. The van der Waals surface area contributed by atoms with Crippen LogP contribution in [0.1, 0.15) is 42.9 Å². The summed E-state index contributed by atoms with van der Waals surface area (Å²) >= 11 is 3.69. The lowest BCUT2D eigenvalue weighted by Gasteiger charge is -2.22. The van der Waals surface area contributed by atoms with Crippen molar-refractivity contribution in [1.29, 1.82) is 0 Å². The van der Waals surface area contributed by atoms with Gasteiger partial charge in [-0.15, -0.1) is 0 Å². The molecule has 0 atom stereocenters. The second kappa shape index (κ2) is 4.54. The molecule has 3 heteroatoms. The zero-order valence-corrected chi connectivity index (χ0v) is 12.0. The van der Waals surface area contributed by atoms with Crippen molar-refractivity contribution in [3.8, 4) is 0 Å². The van der Waals surface area contributed by atoms with E-state index in [4.69, 9.17) is 0 Å². The van der Waals surface area contributed by atoms with Gasteiger partial charge in [0.1, 0.15) is 5.78 Å². The highest BCUT2D eigenvalue weighted by Gasteiger charge is 2.25. The van der Waals surface area contributed by atoms with Gasteiger partial charge in [-0.1, -0.05) is 6.07 Å². The minimum Gasteiger partial charge on any atom is -0.319 e. The molecule has 0 spiro atoms. The molecule has 18 heavy (non-hydrogen) atoms. The van der Waals surface area contributed by atoms with Crippen molar-refractivity contribution in [1.82, 2.24) is 4.40 Å². The molecule has 2 heterocycles. The minimum atomic E-state index is 0.420. The number of hydrogen-bond donors (Lipinski definition) is 0. The summed E-state index contributed by atoms with van der Waals surface area (Å²) in [6, 6.07) is 6.26. The summed E-state index contributed by atoms with van der Waals surface area (Å²) in [7, 11) is 0. The Balaban J connectivity index is 2.11. The van der Waals surface area contributed by atoms with E-state index < -0.39 is 0 Å². The maximum absolute atomic E-state index is 11.4. The summed E-state index contributed by atoms with van der Waals surface area (Å²) in [6.45, 7) is 2.17. The topological polar surface area (TPSA) is 21.5 Å². The van der Waals surface area contributed by atoms with Crippen molar-refractivity contribution in [2.45, 2.75) is 38.5 Å². The van der Waals surface area contributed by atoms with E-state index in [9.17, 15) is 4.79 Å². The average molecular weight is 306 g/mol. The van der Waals surface area contributed by atoms with Gasteiger partial charge in [-0.05, 0) is 53.4 Å². The molecule has 1 saturated carbocycles. The van der Waals surface area contributed by atoms with Gasteiger partial charge in [-0.25, -0.2) is 0 Å². The van der Waals surface area contributed by atoms with E-state index in [2.05, 4.69) is 51.7 Å². The first kappa shape index (κ1) is 12.0. The molecule has 3 rings (SSSR count). The summed E-state index contributed by atoms with van der Waals surface area (Å²) in [6.07, 6.45) is 5.59. The molecule has 2 aromatic heterocycles. The highest BCUT2D eigenvalue weighted by Crippen LogP contribution is 2.38. The van der Waals surface area contributed by atoms with E-state index in [-0.39, 0.29) is 0 Å². The zero-order chi connectivity index (χ0) is 12.7. The van der Waals surface area contributed by atoms with Crippen molar-refractivity contribution in [3.05, 3.63) is 40.1 Å². The van der Waals surface area contributed by atoms with Gasteiger partial charge in [0.05, 0.1) is 5.52 Å². The predicted octanol–water partition coefficient (Wildman–Crippen LogP) is 4.24. The maximum atomic E-state index is 11.4. The second-order valence-corrected chi connectivity index (χ2v) is 5.89. The Morgan fingerprint density at radius 1 is 1.28 bits per heavy atom. The third-order valence-corrected chi connectivity index (χ3v) is 4.99. The first-order valence-corrected chi connectivity index (χ1v) is 7.24. The largest absolute Gasteiger partial charge is 0.319 e. The van der Waals surface area contributed by atoms with E-state index in [1.165, 1.54) is 21.2 Å². The SMILES string of the molecule is Cc1c(Br)c2ccccn2c1C1CCC(=O)CC1. The summed E-state index contributed by atoms with van der Waals surface area (Å²) in [5.74, 6) is 0.938. The molecule has 0 aliphatic heterocycles. The van der Waals surface area contributed by atoms with Crippen LogP contribution in [0.4, 0.5) is 0 Å². The van der Waals surface area contributed by atoms with E-state index in [0.29, 0.717) is 11.7 Å². The van der Waals surface area contributed by atoms with Gasteiger partial charge in [0.15, 0.2) is 0 Å². The monoisotopic (exact) mass is 305 g/mol. The zero-order valence-electron chi connectivity index (χ0n) is 10.4. The molecule has 2 aromatic rings. The van der Waals surface area contributed by atoms with E-state index in [0.717, 1.165) is 25.7 Å². The van der Waals surface area contributed by atoms with Crippen molar-refractivity contribution in [2.75, 3.05) is 0 Å². The lowest BCUT2D eigenvalue weighted by molar-refractivity contribution is -0.120. The van der Waals surface area contributed by atoms with Crippen LogP contribution in [0.3, 0.4) is 0 Å². The Labute approximate surface area is 115 Å². The number of Topliss-reactive ketones (excluding diaryl/α,β-unsaturated/α-hetero) is 1. The van der Waals surface area contributed by atoms with Crippen LogP contribution in [-0.4, -0.2) is 10.2 Å². The molecule has 94 valence electrons. The van der Waals surface area contributed by atoms with Gasteiger partial charge >= 0.3 is 0 Å². The van der Waals surface area contributed by atoms with Crippen molar-refractivity contribution in [2.24, 2.45) is 0 Å². The molecule has 1 fully saturated rings. The second-order valence-electron chi connectivity index (χ2n) is 5.09. The van der Waals surface area contributed by atoms with Gasteiger partial charge in [0.2, 0.25) is 0 Å². The Morgan fingerprint density at radius 2 is 2.00 bits per heavy atom. The molecule has 0 saturated heterocycles. The van der Waals surface area contributed by atoms with Crippen LogP contribution in [0, 0.1) is 6.92 Å². The smallest absolute Gasteiger partial charge is 0.132 e. The number of halogens is 1. The van der Waals surface area contributed by atoms with Crippen molar-refractivity contribution in [3.63, 3.8) is 0 Å². The summed E-state index contributed by atoms with van der Waals surface area (Å²) in [5.41, 5.74) is 3.92. The van der Waals surface area contributed by atoms with E-state index in [1.807, 2.05) is 0 Å². The molecule has 0 N–H and O–H groups in total. The fraction of sp³-hybridized carbons (Fsp3) is 0.400. The Kier molecular flexibility index (Phi) is 3.02. The number of rotatable bonds is 1. The average Bonchev–Trinajstić information content (AvgIpc) is 2.64. The van der Waals surface area contributed by atoms with Crippen LogP contribution in [0.5, 0.6) is 0 Å². The standard InChI is InChI=1S/C15H16BrNO/c1-10-14(16)13-4-2-3-9-17(13)15(10)11-5-7-12(18)8-6-11/h2-4,9,11H,5-8H2,1H3. The van der Waals surface area contributed by atoms with Gasteiger partial charge < -0.3 is 4.40 Å². The van der Waals surface area contributed by atoms with Crippen LogP contribution in [0.25, 0.3) is 5.52 Å². The summed E-state index contributed by atoms with van der Waals surface area (Å²) < 4.78 is 3.47. The lowest BCUT2D eigenvalue weighted by Crippen LogP contribution is -2.14. The number of ketones is 1. The molecular weight excluding hydrogens is 290 g/mol. The highest BCUT2D eigenvalue weighted by atomic mass is 79.9. The Hall–Kier alpha value is -1.09. The van der Waals surface area contributed by atoms with E-state index in [1.54, 1.807) is 0 Å². The molecule has 0 radical (unpaired) electrons. The molecule has 0 amide bonds. The summed E-state index contributed by atoms with van der Waals surface area (Å²) in [4.78, 5) is 11.4. The maximum Gasteiger partial charge on any atom is 0.132 e. The Morgan fingerprint density at radius 3 is 2.72 bits per heavy atom. The van der Waals surface area contributed by atoms with Crippen LogP contribution in [0.2, 0.25) is 0 Å². The highest BCUT2D eigenvalue weighted by molar-refractivity contribution is 9.10. The van der Waals surface area contributed by atoms with Crippen LogP contribution in [0.15, 0.2) is 28.9 Å². The van der Waals surface area contributed by atoms with Gasteiger partial charge in [-0.3, -0.25) is 4.79 Å². The first-order valence-electron chi connectivity index (χ1n) is 6.45. The number of carbonyl (C=O) groups is 1. The first-order chi connectivity index (χ1) is 8.68. The number of pyridine rings is 1. The number of carbonyl (C=O) groups excluding carboxylic acids is 1. The van der Waals surface area contributed by atoms with Gasteiger partial charge in [0, 0.05) is 35.1 Å².